The Morgan fingerprint density at radius 2 is 1.40 bits per heavy atom. The molecule has 1 fully saturated rings. The second-order valence-corrected chi connectivity index (χ2v) is 12.9. The van der Waals surface area contributed by atoms with Crippen LogP contribution in [0.2, 0.25) is 5.02 Å². The first-order valence-corrected chi connectivity index (χ1v) is 15.0. The molecule has 0 unspecified atom stereocenters. The predicted octanol–water partition coefficient (Wildman–Crippen LogP) is 10.3. The molecule has 0 aromatic heterocycles. The van der Waals surface area contributed by atoms with E-state index < -0.39 is 0 Å². The van der Waals surface area contributed by atoms with Gasteiger partial charge in [0.05, 0.1) is 20.3 Å². The molecule has 0 saturated heterocycles. The van der Waals surface area contributed by atoms with E-state index in [-0.39, 0.29) is 16.2 Å². The molecule has 3 aromatic carbocycles. The highest BCUT2D eigenvalue weighted by atomic mass is 35.5. The van der Waals surface area contributed by atoms with E-state index in [1.807, 2.05) is 36.0 Å². The number of para-hydroxylation sites is 1. The second-order valence-electron chi connectivity index (χ2n) is 8.55. The fourth-order valence-electron chi connectivity index (χ4n) is 3.96. The molecule has 0 amide bonds. The summed E-state index contributed by atoms with van der Waals surface area (Å²) >= 11 is 11.6. The minimum absolute atomic E-state index is 0.0750. The first kappa shape index (κ1) is 26.6. The Kier molecular flexibility index (Phi) is 10.4. The van der Waals surface area contributed by atoms with Crippen LogP contribution in [0.25, 0.3) is 0 Å². The lowest BCUT2D eigenvalue weighted by Gasteiger charge is -2.22. The van der Waals surface area contributed by atoms with Crippen LogP contribution in [0.15, 0.2) is 87.6 Å². The zero-order valence-corrected chi connectivity index (χ0v) is 22.5. The van der Waals surface area contributed by atoms with Crippen LogP contribution in [0, 0.1) is 17.6 Å². The molecule has 35 heavy (non-hydrogen) atoms. The van der Waals surface area contributed by atoms with E-state index in [1.165, 1.54) is 56.4 Å². The molecule has 184 valence electrons. The van der Waals surface area contributed by atoms with Crippen molar-refractivity contribution in [1.29, 1.82) is 0 Å². The van der Waals surface area contributed by atoms with Gasteiger partial charge in [-0.2, -0.15) is 0 Å². The van der Waals surface area contributed by atoms with E-state index in [0.717, 1.165) is 32.2 Å². The van der Waals surface area contributed by atoms with Crippen LogP contribution < -0.4 is 0 Å². The van der Waals surface area contributed by atoms with Crippen LogP contribution in [0.5, 0.6) is 0 Å². The highest BCUT2D eigenvalue weighted by Gasteiger charge is 2.20. The van der Waals surface area contributed by atoms with Crippen LogP contribution in [0.3, 0.4) is 0 Å². The molecule has 0 radical (unpaired) electrons. The average Bonchev–Trinajstić information content (AvgIpc) is 2.87. The summed E-state index contributed by atoms with van der Waals surface area (Å²) in [6.45, 7) is 0. The van der Waals surface area contributed by atoms with Crippen molar-refractivity contribution in [1.82, 2.24) is 0 Å². The fraction of sp³-hybridized carbons (Fsp3) is 0.321. The maximum absolute atomic E-state index is 13.5. The van der Waals surface area contributed by atoms with E-state index in [0.29, 0.717) is 11.4 Å². The minimum Gasteiger partial charge on any atom is -0.245 e. The summed E-state index contributed by atoms with van der Waals surface area (Å²) in [6, 6.07) is 20.8. The average molecular weight is 548 g/mol. The number of nitrogens with zero attached hydrogens (tertiary/aromatic N) is 1. The Balaban J connectivity index is 1.57. The van der Waals surface area contributed by atoms with E-state index in [2.05, 4.69) is 0 Å². The maximum atomic E-state index is 13.5. The SMILES string of the molecule is Fc1ccc(SC(CC(=Nc2ccccc2Cl)SCC2CCCCC2)Sc2ccc(F)cc2)cc1. The highest BCUT2D eigenvalue weighted by molar-refractivity contribution is 8.17. The molecule has 0 heterocycles. The molecule has 1 nitrogen and oxygen atoms in total. The summed E-state index contributed by atoms with van der Waals surface area (Å²) in [5.74, 6) is 1.28. The van der Waals surface area contributed by atoms with Gasteiger partial charge in [-0.05, 0) is 79.4 Å². The Morgan fingerprint density at radius 1 is 0.829 bits per heavy atom. The third kappa shape index (κ3) is 8.85. The van der Waals surface area contributed by atoms with E-state index in [1.54, 1.807) is 47.8 Å². The third-order valence-corrected chi connectivity index (χ3v) is 9.89. The molecule has 0 aliphatic heterocycles. The van der Waals surface area contributed by atoms with Gasteiger partial charge in [-0.15, -0.1) is 35.3 Å². The monoisotopic (exact) mass is 547 g/mol. The fourth-order valence-corrected chi connectivity index (χ4v) is 8.09. The van der Waals surface area contributed by atoms with E-state index >= 15 is 0 Å². The van der Waals surface area contributed by atoms with Crippen LogP contribution >= 0.6 is 46.9 Å². The van der Waals surface area contributed by atoms with Crippen molar-refractivity contribution >= 4 is 57.6 Å². The molecule has 4 rings (SSSR count). The Bertz CT molecular complexity index is 1050. The molecule has 7 heteroatoms. The van der Waals surface area contributed by atoms with Gasteiger partial charge in [0.2, 0.25) is 0 Å². The number of rotatable bonds is 9. The number of halogens is 3. The van der Waals surface area contributed by atoms with Crippen LogP contribution in [-0.4, -0.2) is 15.4 Å². The van der Waals surface area contributed by atoms with Gasteiger partial charge in [0, 0.05) is 22.0 Å². The van der Waals surface area contributed by atoms with Crippen LogP contribution in [0.1, 0.15) is 38.5 Å². The number of hydrogen-bond acceptors (Lipinski definition) is 4. The van der Waals surface area contributed by atoms with Gasteiger partial charge in [-0.3, -0.25) is 0 Å². The van der Waals surface area contributed by atoms with Crippen LogP contribution in [0.4, 0.5) is 14.5 Å². The zero-order chi connectivity index (χ0) is 24.5. The van der Waals surface area contributed by atoms with Gasteiger partial charge in [0.15, 0.2) is 0 Å². The van der Waals surface area contributed by atoms with Crippen molar-refractivity contribution in [2.45, 2.75) is 52.9 Å². The van der Waals surface area contributed by atoms with Crippen molar-refractivity contribution in [3.8, 4) is 0 Å². The summed E-state index contributed by atoms with van der Waals surface area (Å²) in [5.41, 5.74) is 0.776. The molecular formula is C28H28ClF2NS3. The molecule has 0 N–H and O–H groups in total. The van der Waals surface area contributed by atoms with Gasteiger partial charge in [0.25, 0.3) is 0 Å². The van der Waals surface area contributed by atoms with E-state index in [4.69, 9.17) is 16.6 Å². The zero-order valence-electron chi connectivity index (χ0n) is 19.3. The number of hydrogen-bond donors (Lipinski definition) is 0. The van der Waals surface area contributed by atoms with Crippen molar-refractivity contribution < 1.29 is 8.78 Å². The van der Waals surface area contributed by atoms with Gasteiger partial charge in [0.1, 0.15) is 11.6 Å². The molecule has 1 aliphatic rings. The minimum atomic E-state index is -0.249. The number of aliphatic imine (C=N–C) groups is 1. The van der Waals surface area contributed by atoms with Gasteiger partial charge < -0.3 is 0 Å². The number of thioether (sulfide) groups is 3. The van der Waals surface area contributed by atoms with Gasteiger partial charge in [-0.25, -0.2) is 13.8 Å². The Morgan fingerprint density at radius 3 is 1.97 bits per heavy atom. The quantitative estimate of drug-likeness (QED) is 0.114. The Hall–Kier alpha value is -1.47. The second kappa shape index (κ2) is 13.7. The van der Waals surface area contributed by atoms with Crippen LogP contribution in [-0.2, 0) is 0 Å². The van der Waals surface area contributed by atoms with Crippen molar-refractivity contribution in [3.05, 3.63) is 89.5 Å². The third-order valence-electron chi connectivity index (χ3n) is 5.81. The van der Waals surface area contributed by atoms with E-state index in [9.17, 15) is 8.78 Å². The van der Waals surface area contributed by atoms with Crippen molar-refractivity contribution in [2.75, 3.05) is 5.75 Å². The highest BCUT2D eigenvalue weighted by Crippen LogP contribution is 2.40. The molecule has 1 aliphatic carbocycles. The standard InChI is InChI=1S/C28H28ClF2NS3/c29-25-8-4-5-9-26(25)32-27(33-19-20-6-2-1-3-7-20)18-28(34-23-14-10-21(30)11-15-23)35-24-16-12-22(31)13-17-24/h4-5,8-17,20,28H,1-3,6-7,18-19H2. The molecule has 0 spiro atoms. The first-order valence-electron chi connectivity index (χ1n) is 11.8. The summed E-state index contributed by atoms with van der Waals surface area (Å²) in [6.07, 6.45) is 7.24. The molecule has 1 saturated carbocycles. The topological polar surface area (TPSA) is 12.4 Å². The molecule has 0 atom stereocenters. The lowest BCUT2D eigenvalue weighted by molar-refractivity contribution is 0.391. The number of benzene rings is 3. The molecule has 3 aromatic rings. The molecular weight excluding hydrogens is 520 g/mol. The van der Waals surface area contributed by atoms with Crippen molar-refractivity contribution in [2.24, 2.45) is 10.9 Å². The summed E-state index contributed by atoms with van der Waals surface area (Å²) in [5, 5.41) is 1.68. The summed E-state index contributed by atoms with van der Waals surface area (Å²) in [7, 11) is 0. The predicted molar refractivity (Wildman–Crippen MR) is 150 cm³/mol. The van der Waals surface area contributed by atoms with Crippen molar-refractivity contribution in [3.63, 3.8) is 0 Å². The largest absolute Gasteiger partial charge is 0.245 e. The lowest BCUT2D eigenvalue weighted by Crippen LogP contribution is -2.12. The molecule has 0 bridgehead atoms. The summed E-state index contributed by atoms with van der Waals surface area (Å²) in [4.78, 5) is 6.97. The smallest absolute Gasteiger partial charge is 0.123 e. The summed E-state index contributed by atoms with van der Waals surface area (Å²) < 4.78 is 27.1. The Labute approximate surface area is 224 Å². The first-order chi connectivity index (χ1) is 17.0. The van der Waals surface area contributed by atoms with Gasteiger partial charge in [-0.1, -0.05) is 43.0 Å². The normalized spacial score (nSPS) is 15.0. The maximum Gasteiger partial charge on any atom is 0.123 e. The lowest BCUT2D eigenvalue weighted by atomic mass is 9.91. The van der Waals surface area contributed by atoms with Gasteiger partial charge >= 0.3 is 0 Å².